The van der Waals surface area contributed by atoms with Gasteiger partial charge in [-0.1, -0.05) is 0 Å². The number of rotatable bonds is 2. The first-order valence-electron chi connectivity index (χ1n) is 5.04. The number of fused-ring (bicyclic) bond motifs is 1. The molecule has 1 aliphatic heterocycles. The topological polar surface area (TPSA) is 37.4 Å². The quantitative estimate of drug-likeness (QED) is 0.686. The molecule has 2 rings (SSSR count). The van der Waals surface area contributed by atoms with E-state index in [0.717, 1.165) is 43.2 Å². The van der Waals surface area contributed by atoms with Crippen LogP contribution in [0.4, 0.5) is 5.69 Å². The standard InChI is InChI=1S/C12H13NO2/c1-13-4-2-3-10-5-9(7-14)6-11(8-15)12(10)13/h5-8H,2-4H2,1H3. The first-order valence-corrected chi connectivity index (χ1v) is 5.04. The average Bonchev–Trinajstić information content (AvgIpc) is 2.27. The van der Waals surface area contributed by atoms with E-state index in [1.165, 1.54) is 0 Å². The number of aryl methyl sites for hydroxylation is 1. The molecule has 0 unspecified atom stereocenters. The van der Waals surface area contributed by atoms with Gasteiger partial charge in [0, 0.05) is 24.7 Å². The predicted molar refractivity (Wildman–Crippen MR) is 58.8 cm³/mol. The zero-order valence-corrected chi connectivity index (χ0v) is 8.69. The van der Waals surface area contributed by atoms with Crippen molar-refractivity contribution < 1.29 is 9.59 Å². The Kier molecular flexibility index (Phi) is 2.54. The van der Waals surface area contributed by atoms with Crippen LogP contribution in [0.5, 0.6) is 0 Å². The van der Waals surface area contributed by atoms with Crippen molar-refractivity contribution in [1.29, 1.82) is 0 Å². The van der Waals surface area contributed by atoms with E-state index >= 15 is 0 Å². The van der Waals surface area contributed by atoms with Gasteiger partial charge in [-0.05, 0) is 30.5 Å². The van der Waals surface area contributed by atoms with Crippen LogP contribution in [0.15, 0.2) is 12.1 Å². The van der Waals surface area contributed by atoms with Gasteiger partial charge in [-0.3, -0.25) is 9.59 Å². The Morgan fingerprint density at radius 1 is 1.27 bits per heavy atom. The summed E-state index contributed by atoms with van der Waals surface area (Å²) >= 11 is 0. The molecular weight excluding hydrogens is 190 g/mol. The average molecular weight is 203 g/mol. The SMILES string of the molecule is CN1CCCc2cc(C=O)cc(C=O)c21. The molecule has 0 amide bonds. The van der Waals surface area contributed by atoms with Crippen LogP contribution in [0, 0.1) is 0 Å². The highest BCUT2D eigenvalue weighted by Crippen LogP contribution is 2.29. The van der Waals surface area contributed by atoms with Crippen molar-refractivity contribution in [2.24, 2.45) is 0 Å². The summed E-state index contributed by atoms with van der Waals surface area (Å²) in [6, 6.07) is 3.53. The molecule has 0 fully saturated rings. The third-order valence-electron chi connectivity index (χ3n) is 2.83. The van der Waals surface area contributed by atoms with Crippen LogP contribution in [0.3, 0.4) is 0 Å². The fourth-order valence-electron chi connectivity index (χ4n) is 2.18. The molecule has 0 saturated carbocycles. The summed E-state index contributed by atoms with van der Waals surface area (Å²) in [6.45, 7) is 0.967. The minimum absolute atomic E-state index is 0.589. The molecule has 3 nitrogen and oxygen atoms in total. The summed E-state index contributed by atoms with van der Waals surface area (Å²) in [5.74, 6) is 0. The zero-order valence-electron chi connectivity index (χ0n) is 8.69. The molecule has 0 N–H and O–H groups in total. The van der Waals surface area contributed by atoms with Gasteiger partial charge in [0.1, 0.15) is 6.29 Å². The number of hydrogen-bond acceptors (Lipinski definition) is 3. The maximum absolute atomic E-state index is 10.9. The molecule has 0 bridgehead atoms. The molecule has 1 aromatic carbocycles. The Morgan fingerprint density at radius 3 is 2.73 bits per heavy atom. The summed E-state index contributed by atoms with van der Waals surface area (Å²) in [6.07, 6.45) is 3.64. The second-order valence-electron chi connectivity index (χ2n) is 3.88. The Hall–Kier alpha value is -1.64. The van der Waals surface area contributed by atoms with Crippen molar-refractivity contribution in [3.8, 4) is 0 Å². The molecule has 1 aromatic rings. The number of benzene rings is 1. The van der Waals surface area contributed by atoms with E-state index < -0.39 is 0 Å². The molecule has 0 aliphatic carbocycles. The van der Waals surface area contributed by atoms with E-state index in [1.807, 2.05) is 13.1 Å². The summed E-state index contributed by atoms with van der Waals surface area (Å²) in [5.41, 5.74) is 3.31. The molecule has 0 saturated heterocycles. The van der Waals surface area contributed by atoms with E-state index in [-0.39, 0.29) is 0 Å². The highest BCUT2D eigenvalue weighted by molar-refractivity contribution is 5.90. The van der Waals surface area contributed by atoms with Crippen molar-refractivity contribution in [2.45, 2.75) is 12.8 Å². The fraction of sp³-hybridized carbons (Fsp3) is 0.333. The van der Waals surface area contributed by atoms with Crippen molar-refractivity contribution in [1.82, 2.24) is 0 Å². The highest BCUT2D eigenvalue weighted by Gasteiger charge is 2.18. The molecule has 78 valence electrons. The molecule has 1 aliphatic rings. The number of nitrogens with zero attached hydrogens (tertiary/aromatic N) is 1. The van der Waals surface area contributed by atoms with Gasteiger partial charge in [-0.2, -0.15) is 0 Å². The smallest absolute Gasteiger partial charge is 0.152 e. The van der Waals surface area contributed by atoms with Crippen molar-refractivity contribution in [3.63, 3.8) is 0 Å². The van der Waals surface area contributed by atoms with E-state index in [9.17, 15) is 9.59 Å². The predicted octanol–water partition coefficient (Wildman–Crippen LogP) is 1.69. The van der Waals surface area contributed by atoms with Gasteiger partial charge in [0.2, 0.25) is 0 Å². The van der Waals surface area contributed by atoms with Crippen LogP contribution in [0.1, 0.15) is 32.7 Å². The number of anilines is 1. The van der Waals surface area contributed by atoms with Crippen molar-refractivity contribution in [2.75, 3.05) is 18.5 Å². The van der Waals surface area contributed by atoms with Gasteiger partial charge >= 0.3 is 0 Å². The van der Waals surface area contributed by atoms with Gasteiger partial charge in [0.05, 0.1) is 5.69 Å². The lowest BCUT2D eigenvalue weighted by Crippen LogP contribution is -2.26. The Balaban J connectivity index is 2.62. The minimum Gasteiger partial charge on any atom is -0.374 e. The van der Waals surface area contributed by atoms with Crippen LogP contribution in [-0.2, 0) is 6.42 Å². The largest absolute Gasteiger partial charge is 0.374 e. The monoisotopic (exact) mass is 203 g/mol. The van der Waals surface area contributed by atoms with Crippen LogP contribution in [0.2, 0.25) is 0 Å². The summed E-state index contributed by atoms with van der Waals surface area (Å²) in [4.78, 5) is 23.7. The van der Waals surface area contributed by atoms with E-state index in [2.05, 4.69) is 4.90 Å². The number of aldehydes is 2. The number of carbonyl (C=O) groups is 2. The lowest BCUT2D eigenvalue weighted by Gasteiger charge is -2.29. The number of hydrogen-bond donors (Lipinski definition) is 0. The van der Waals surface area contributed by atoms with Gasteiger partial charge < -0.3 is 4.90 Å². The molecule has 15 heavy (non-hydrogen) atoms. The highest BCUT2D eigenvalue weighted by atomic mass is 16.1. The Labute approximate surface area is 88.7 Å². The third-order valence-corrected chi connectivity index (χ3v) is 2.83. The number of carbonyl (C=O) groups excluding carboxylic acids is 2. The maximum atomic E-state index is 10.9. The van der Waals surface area contributed by atoms with Crippen molar-refractivity contribution >= 4 is 18.3 Å². The maximum Gasteiger partial charge on any atom is 0.152 e. The Bertz CT molecular complexity index is 412. The zero-order chi connectivity index (χ0) is 10.8. The van der Waals surface area contributed by atoms with Gasteiger partial charge in [0.15, 0.2) is 6.29 Å². The fourth-order valence-corrected chi connectivity index (χ4v) is 2.18. The lowest BCUT2D eigenvalue weighted by molar-refractivity contribution is 0.112. The van der Waals surface area contributed by atoms with E-state index in [1.54, 1.807) is 6.07 Å². The molecule has 1 heterocycles. The second kappa shape index (κ2) is 3.85. The van der Waals surface area contributed by atoms with Crippen LogP contribution in [-0.4, -0.2) is 26.2 Å². The van der Waals surface area contributed by atoms with Gasteiger partial charge in [-0.25, -0.2) is 0 Å². The minimum atomic E-state index is 0.589. The second-order valence-corrected chi connectivity index (χ2v) is 3.88. The summed E-state index contributed by atoms with van der Waals surface area (Å²) in [7, 11) is 1.98. The molecule has 0 aromatic heterocycles. The van der Waals surface area contributed by atoms with Gasteiger partial charge in [-0.15, -0.1) is 0 Å². The summed E-state index contributed by atoms with van der Waals surface area (Å²) < 4.78 is 0. The molecule has 0 radical (unpaired) electrons. The van der Waals surface area contributed by atoms with Crippen LogP contribution >= 0.6 is 0 Å². The third kappa shape index (κ3) is 1.65. The Morgan fingerprint density at radius 2 is 2.07 bits per heavy atom. The first-order chi connectivity index (χ1) is 7.26. The summed E-state index contributed by atoms with van der Waals surface area (Å²) in [5, 5.41) is 0. The normalized spacial score (nSPS) is 14.6. The van der Waals surface area contributed by atoms with Crippen LogP contribution in [0.25, 0.3) is 0 Å². The first kappa shape index (κ1) is 9.90. The van der Waals surface area contributed by atoms with Crippen LogP contribution < -0.4 is 4.90 Å². The molecule has 3 heteroatoms. The van der Waals surface area contributed by atoms with Gasteiger partial charge in [0.25, 0.3) is 0 Å². The van der Waals surface area contributed by atoms with Crippen molar-refractivity contribution in [3.05, 3.63) is 28.8 Å². The van der Waals surface area contributed by atoms with E-state index in [0.29, 0.717) is 11.1 Å². The molecule has 0 atom stereocenters. The van der Waals surface area contributed by atoms with E-state index in [4.69, 9.17) is 0 Å². The lowest BCUT2D eigenvalue weighted by atomic mass is 9.96. The molecule has 0 spiro atoms. The molecular formula is C12H13NO2.